The fraction of sp³-hybridized carbons (Fsp3) is 0.263. The zero-order valence-corrected chi connectivity index (χ0v) is 15.5. The Morgan fingerprint density at radius 2 is 1.96 bits per heavy atom. The van der Waals surface area contributed by atoms with Crippen molar-refractivity contribution in [1.29, 1.82) is 0 Å². The second-order valence-electron chi connectivity index (χ2n) is 6.47. The van der Waals surface area contributed by atoms with E-state index in [4.69, 9.17) is 4.52 Å². The van der Waals surface area contributed by atoms with Crippen molar-refractivity contribution in [2.75, 3.05) is 18.0 Å². The van der Waals surface area contributed by atoms with Crippen LogP contribution in [-0.2, 0) is 6.54 Å². The van der Waals surface area contributed by atoms with Gasteiger partial charge in [0.05, 0.1) is 23.3 Å². The van der Waals surface area contributed by atoms with E-state index in [1.165, 1.54) is 12.8 Å². The molecule has 1 fully saturated rings. The normalized spacial score (nSPS) is 14.1. The van der Waals surface area contributed by atoms with E-state index >= 15 is 0 Å². The second-order valence-corrected chi connectivity index (χ2v) is 7.48. The molecule has 27 heavy (non-hydrogen) atoms. The average molecular weight is 378 g/mol. The first-order valence-electron chi connectivity index (χ1n) is 8.96. The third kappa shape index (κ3) is 3.23. The fourth-order valence-corrected chi connectivity index (χ4v) is 4.26. The lowest BCUT2D eigenvalue weighted by molar-refractivity contribution is 0.378. The van der Waals surface area contributed by atoms with Crippen LogP contribution in [0.25, 0.3) is 22.1 Å². The molecular formula is C19H18N6OS. The summed E-state index contributed by atoms with van der Waals surface area (Å²) < 4.78 is 7.57. The van der Waals surface area contributed by atoms with Gasteiger partial charge < -0.3 is 14.0 Å². The van der Waals surface area contributed by atoms with Gasteiger partial charge in [0.1, 0.15) is 5.69 Å². The summed E-state index contributed by atoms with van der Waals surface area (Å²) in [5, 5.41) is 5.22. The predicted molar refractivity (Wildman–Crippen MR) is 104 cm³/mol. The van der Waals surface area contributed by atoms with Crippen molar-refractivity contribution < 1.29 is 4.52 Å². The Hall–Kier alpha value is -3.00. The number of nitrogens with zero attached hydrogens (tertiary/aromatic N) is 6. The van der Waals surface area contributed by atoms with Crippen LogP contribution < -0.4 is 4.90 Å². The summed E-state index contributed by atoms with van der Waals surface area (Å²) in [7, 11) is 0. The molecule has 1 saturated heterocycles. The van der Waals surface area contributed by atoms with E-state index in [-0.39, 0.29) is 0 Å². The fourth-order valence-electron chi connectivity index (χ4n) is 3.28. The Balaban J connectivity index is 1.37. The zero-order chi connectivity index (χ0) is 18.1. The molecule has 0 bridgehead atoms. The largest absolute Gasteiger partial charge is 0.359 e. The summed E-state index contributed by atoms with van der Waals surface area (Å²) in [4.78, 5) is 16.8. The van der Waals surface area contributed by atoms with Crippen molar-refractivity contribution in [3.63, 3.8) is 0 Å². The number of pyridine rings is 1. The summed E-state index contributed by atoms with van der Waals surface area (Å²) in [6.45, 7) is 2.75. The molecule has 0 amide bonds. The molecule has 0 atom stereocenters. The highest BCUT2D eigenvalue weighted by Crippen LogP contribution is 2.32. The summed E-state index contributed by atoms with van der Waals surface area (Å²) in [6.07, 6.45) is 9.91. The van der Waals surface area contributed by atoms with Crippen molar-refractivity contribution >= 4 is 16.5 Å². The summed E-state index contributed by atoms with van der Waals surface area (Å²) >= 11 is 1.69. The van der Waals surface area contributed by atoms with Gasteiger partial charge in [-0.2, -0.15) is 0 Å². The van der Waals surface area contributed by atoms with E-state index in [9.17, 15) is 0 Å². The maximum atomic E-state index is 5.51. The third-order valence-electron chi connectivity index (χ3n) is 4.62. The van der Waals surface area contributed by atoms with E-state index in [1.54, 1.807) is 23.7 Å². The quantitative estimate of drug-likeness (QED) is 0.527. The molecule has 0 radical (unpaired) electrons. The van der Waals surface area contributed by atoms with Crippen LogP contribution in [0.4, 0.5) is 5.13 Å². The van der Waals surface area contributed by atoms with Gasteiger partial charge in [-0.15, -0.1) is 0 Å². The highest BCUT2D eigenvalue weighted by atomic mass is 32.1. The van der Waals surface area contributed by atoms with Crippen LogP contribution in [0, 0.1) is 0 Å². The lowest BCUT2D eigenvalue weighted by atomic mass is 10.2. The summed E-state index contributed by atoms with van der Waals surface area (Å²) in [6, 6.07) is 7.66. The predicted octanol–water partition coefficient (Wildman–Crippen LogP) is 3.71. The first-order valence-corrected chi connectivity index (χ1v) is 9.78. The monoisotopic (exact) mass is 378 g/mol. The van der Waals surface area contributed by atoms with Crippen LogP contribution >= 0.6 is 11.3 Å². The van der Waals surface area contributed by atoms with Gasteiger partial charge in [-0.05, 0) is 25.0 Å². The number of hydrogen-bond donors (Lipinski definition) is 0. The Morgan fingerprint density at radius 1 is 1.04 bits per heavy atom. The molecular weight excluding hydrogens is 360 g/mol. The minimum absolute atomic E-state index is 0.562. The zero-order valence-electron chi connectivity index (χ0n) is 14.7. The molecule has 0 unspecified atom stereocenters. The second kappa shape index (κ2) is 6.96. The van der Waals surface area contributed by atoms with Crippen molar-refractivity contribution in [1.82, 2.24) is 24.7 Å². The Labute approximate surface area is 160 Å². The number of rotatable bonds is 5. The lowest BCUT2D eigenvalue weighted by Gasteiger charge is -2.12. The molecule has 5 heterocycles. The third-order valence-corrected chi connectivity index (χ3v) is 5.67. The van der Waals surface area contributed by atoms with Crippen LogP contribution in [0.5, 0.6) is 0 Å². The standard InChI is InChI=1S/C19H18N6OS/c1-2-6-20-15(5-1)16-11-14(26-23-16)13-25-10-7-21-18(25)17-12-22-19(27-17)24-8-3-4-9-24/h1-2,5-7,10-12H,3-4,8-9,13H2. The lowest BCUT2D eigenvalue weighted by Crippen LogP contribution is -2.16. The number of aromatic nitrogens is 5. The molecule has 4 aromatic heterocycles. The van der Waals surface area contributed by atoms with Crippen LogP contribution in [0.1, 0.15) is 18.6 Å². The molecule has 0 saturated carbocycles. The number of anilines is 1. The van der Waals surface area contributed by atoms with Gasteiger partial charge in [0.2, 0.25) is 0 Å². The first-order chi connectivity index (χ1) is 13.4. The maximum Gasteiger partial charge on any atom is 0.185 e. The molecule has 7 nitrogen and oxygen atoms in total. The Bertz CT molecular complexity index is 1030. The summed E-state index contributed by atoms with van der Waals surface area (Å²) in [5.41, 5.74) is 1.54. The minimum Gasteiger partial charge on any atom is -0.359 e. The van der Waals surface area contributed by atoms with Crippen molar-refractivity contribution in [2.45, 2.75) is 19.4 Å². The average Bonchev–Trinajstić information content (AvgIpc) is 3.48. The van der Waals surface area contributed by atoms with E-state index in [2.05, 4.69) is 29.6 Å². The first kappa shape index (κ1) is 16.2. The SMILES string of the molecule is c1ccc(-c2cc(Cn3ccnc3-c3cnc(N4CCCC4)s3)on2)nc1. The van der Waals surface area contributed by atoms with E-state index in [1.807, 2.05) is 36.7 Å². The van der Waals surface area contributed by atoms with Gasteiger partial charge >= 0.3 is 0 Å². The van der Waals surface area contributed by atoms with Gasteiger partial charge in [0, 0.05) is 37.7 Å². The van der Waals surface area contributed by atoms with Gasteiger partial charge in [-0.1, -0.05) is 22.6 Å². The topological polar surface area (TPSA) is 72.9 Å². The van der Waals surface area contributed by atoms with Crippen LogP contribution in [0.15, 0.2) is 53.6 Å². The van der Waals surface area contributed by atoms with Gasteiger partial charge in [-0.3, -0.25) is 4.98 Å². The van der Waals surface area contributed by atoms with E-state index in [0.717, 1.165) is 46.1 Å². The van der Waals surface area contributed by atoms with Gasteiger partial charge in [0.15, 0.2) is 16.7 Å². The van der Waals surface area contributed by atoms with Crippen LogP contribution in [0.2, 0.25) is 0 Å². The highest BCUT2D eigenvalue weighted by Gasteiger charge is 2.18. The molecule has 5 rings (SSSR count). The molecule has 0 aliphatic carbocycles. The Morgan fingerprint density at radius 3 is 2.81 bits per heavy atom. The van der Waals surface area contributed by atoms with E-state index in [0.29, 0.717) is 6.54 Å². The van der Waals surface area contributed by atoms with Gasteiger partial charge in [-0.25, -0.2) is 9.97 Å². The number of thiazole rings is 1. The van der Waals surface area contributed by atoms with Crippen molar-refractivity contribution in [3.05, 3.63) is 54.8 Å². The molecule has 1 aliphatic rings. The number of imidazole rings is 1. The van der Waals surface area contributed by atoms with Crippen molar-refractivity contribution in [3.8, 4) is 22.1 Å². The molecule has 8 heteroatoms. The minimum atomic E-state index is 0.562. The molecule has 136 valence electrons. The Kier molecular flexibility index (Phi) is 4.17. The molecule has 0 aromatic carbocycles. The molecule has 0 N–H and O–H groups in total. The van der Waals surface area contributed by atoms with Crippen LogP contribution in [0.3, 0.4) is 0 Å². The van der Waals surface area contributed by atoms with Crippen molar-refractivity contribution in [2.24, 2.45) is 0 Å². The number of hydrogen-bond acceptors (Lipinski definition) is 7. The van der Waals surface area contributed by atoms with E-state index < -0.39 is 0 Å². The molecule has 0 spiro atoms. The molecule has 4 aromatic rings. The smallest absolute Gasteiger partial charge is 0.185 e. The molecule has 1 aliphatic heterocycles. The maximum absolute atomic E-state index is 5.51. The van der Waals surface area contributed by atoms with Gasteiger partial charge in [0.25, 0.3) is 0 Å². The highest BCUT2D eigenvalue weighted by molar-refractivity contribution is 7.18. The van der Waals surface area contributed by atoms with Crippen LogP contribution in [-0.4, -0.2) is 37.8 Å². The summed E-state index contributed by atoms with van der Waals surface area (Å²) in [5.74, 6) is 1.66.